The van der Waals surface area contributed by atoms with E-state index in [0.29, 0.717) is 5.76 Å². The van der Waals surface area contributed by atoms with Gasteiger partial charge in [-0.15, -0.1) is 0 Å². The van der Waals surface area contributed by atoms with Crippen molar-refractivity contribution in [3.05, 3.63) is 66.1 Å². The van der Waals surface area contributed by atoms with Crippen LogP contribution in [0.5, 0.6) is 0 Å². The largest absolute Gasteiger partial charge is 0.460 e. The maximum Gasteiger partial charge on any atom is 0.246 e. The summed E-state index contributed by atoms with van der Waals surface area (Å²) in [6, 6.07) is 13.8. The lowest BCUT2D eigenvalue weighted by molar-refractivity contribution is -0.125. The van der Waals surface area contributed by atoms with Gasteiger partial charge in [-0.1, -0.05) is 18.2 Å². The van der Waals surface area contributed by atoms with E-state index in [2.05, 4.69) is 0 Å². The number of thioether (sulfide) groups is 1. The van der Waals surface area contributed by atoms with E-state index in [4.69, 9.17) is 9.52 Å². The molecule has 2 aromatic heterocycles. The minimum atomic E-state index is 0.0523. The van der Waals surface area contributed by atoms with E-state index < -0.39 is 0 Å². The van der Waals surface area contributed by atoms with E-state index in [0.717, 1.165) is 53.7 Å². The molecule has 6 heteroatoms. The molecule has 1 amide bonds. The third-order valence-electron chi connectivity index (χ3n) is 4.68. The molecule has 28 heavy (non-hydrogen) atoms. The van der Waals surface area contributed by atoms with Crippen molar-refractivity contribution in [3.8, 4) is 17.1 Å². The number of furan rings is 1. The van der Waals surface area contributed by atoms with Crippen LogP contribution < -0.4 is 0 Å². The van der Waals surface area contributed by atoms with Crippen molar-refractivity contribution in [1.82, 2.24) is 14.7 Å². The Morgan fingerprint density at radius 3 is 2.79 bits per heavy atom. The average molecular weight is 394 g/mol. The van der Waals surface area contributed by atoms with E-state index in [1.54, 1.807) is 6.08 Å². The van der Waals surface area contributed by atoms with Gasteiger partial charge in [-0.05, 0) is 49.4 Å². The number of nitrogens with zero attached hydrogens (tertiary/aromatic N) is 3. The third kappa shape index (κ3) is 4.22. The number of hydrogen-bond donors (Lipinski definition) is 0. The first-order valence-electron chi connectivity index (χ1n) is 9.47. The molecule has 1 aromatic carbocycles. The molecule has 3 heterocycles. The molecule has 1 aliphatic heterocycles. The fourth-order valence-electron chi connectivity index (χ4n) is 3.21. The summed E-state index contributed by atoms with van der Waals surface area (Å²) in [5, 5.41) is 4.71. The summed E-state index contributed by atoms with van der Waals surface area (Å²) in [4.78, 5) is 14.6. The zero-order chi connectivity index (χ0) is 19.3. The number of aryl methyl sites for hydroxylation is 1. The second kappa shape index (κ2) is 8.52. The number of benzene rings is 1. The number of carbonyl (C=O) groups excluding carboxylic acids is 1. The maximum atomic E-state index is 12.6. The lowest BCUT2D eigenvalue weighted by Gasteiger charge is -2.17. The van der Waals surface area contributed by atoms with Crippen molar-refractivity contribution in [1.29, 1.82) is 0 Å². The second-order valence-corrected chi connectivity index (χ2v) is 7.97. The zero-order valence-electron chi connectivity index (χ0n) is 15.9. The molecule has 5 nitrogen and oxygen atoms in total. The minimum Gasteiger partial charge on any atom is -0.460 e. The van der Waals surface area contributed by atoms with Gasteiger partial charge in [0, 0.05) is 36.7 Å². The zero-order valence-corrected chi connectivity index (χ0v) is 16.7. The Kier molecular flexibility index (Phi) is 5.67. The molecule has 0 aliphatic carbocycles. The summed E-state index contributed by atoms with van der Waals surface area (Å²) in [6.07, 6.45) is 6.49. The second-order valence-electron chi connectivity index (χ2n) is 6.75. The summed E-state index contributed by atoms with van der Waals surface area (Å²) in [5.41, 5.74) is 2.55. The number of carbonyl (C=O) groups is 1. The highest BCUT2D eigenvalue weighted by Gasteiger charge is 2.16. The minimum absolute atomic E-state index is 0.0523. The van der Waals surface area contributed by atoms with E-state index in [9.17, 15) is 4.79 Å². The molecule has 3 aromatic rings. The molecule has 144 valence electrons. The fourth-order valence-corrected chi connectivity index (χ4v) is 4.10. The van der Waals surface area contributed by atoms with Crippen LogP contribution in [0, 0.1) is 6.92 Å². The molecule has 0 radical (unpaired) electrons. The van der Waals surface area contributed by atoms with Crippen molar-refractivity contribution in [2.75, 3.05) is 24.6 Å². The number of aromatic nitrogens is 2. The Morgan fingerprint density at radius 1 is 1.14 bits per heavy atom. The lowest BCUT2D eigenvalue weighted by Crippen LogP contribution is -2.31. The fraction of sp³-hybridized carbons (Fsp3) is 0.273. The van der Waals surface area contributed by atoms with Gasteiger partial charge in [0.2, 0.25) is 5.91 Å². The van der Waals surface area contributed by atoms with Gasteiger partial charge in [-0.3, -0.25) is 4.79 Å². The number of rotatable bonds is 4. The summed E-state index contributed by atoms with van der Waals surface area (Å²) in [7, 11) is 0. The van der Waals surface area contributed by atoms with Crippen LogP contribution in [0.3, 0.4) is 0 Å². The van der Waals surface area contributed by atoms with Gasteiger partial charge in [0.25, 0.3) is 0 Å². The van der Waals surface area contributed by atoms with Crippen molar-refractivity contribution in [2.24, 2.45) is 0 Å². The van der Waals surface area contributed by atoms with Crippen LogP contribution in [-0.2, 0) is 4.79 Å². The van der Waals surface area contributed by atoms with Crippen molar-refractivity contribution in [3.63, 3.8) is 0 Å². The van der Waals surface area contributed by atoms with Crippen LogP contribution in [-0.4, -0.2) is 45.2 Å². The third-order valence-corrected chi connectivity index (χ3v) is 5.73. The molecule has 0 spiro atoms. The highest BCUT2D eigenvalue weighted by atomic mass is 32.2. The quantitative estimate of drug-likeness (QED) is 0.616. The predicted octanol–water partition coefficient (Wildman–Crippen LogP) is 4.42. The Labute approximate surface area is 169 Å². The molecule has 1 saturated heterocycles. The highest BCUT2D eigenvalue weighted by Crippen LogP contribution is 2.26. The van der Waals surface area contributed by atoms with Crippen LogP contribution >= 0.6 is 11.8 Å². The van der Waals surface area contributed by atoms with Gasteiger partial charge >= 0.3 is 0 Å². The number of hydrogen-bond acceptors (Lipinski definition) is 4. The molecule has 1 fully saturated rings. The number of para-hydroxylation sites is 1. The highest BCUT2D eigenvalue weighted by molar-refractivity contribution is 7.99. The first-order chi connectivity index (χ1) is 13.7. The SMILES string of the molecule is Cc1ccc(-c2nn(-c3ccccc3)cc2C=CC(=O)N2CCCSCC2)o1. The monoisotopic (exact) mass is 393 g/mol. The molecule has 0 unspecified atom stereocenters. The first kappa shape index (κ1) is 18.6. The lowest BCUT2D eigenvalue weighted by atomic mass is 10.2. The molecule has 4 rings (SSSR count). The Morgan fingerprint density at radius 2 is 2.00 bits per heavy atom. The van der Waals surface area contributed by atoms with Gasteiger partial charge in [-0.2, -0.15) is 16.9 Å². The molecule has 0 N–H and O–H groups in total. The average Bonchev–Trinajstić information content (AvgIpc) is 3.23. The van der Waals surface area contributed by atoms with Crippen LogP contribution in [0.25, 0.3) is 23.2 Å². The van der Waals surface area contributed by atoms with Crippen LogP contribution in [0.1, 0.15) is 17.7 Å². The van der Waals surface area contributed by atoms with Gasteiger partial charge in [0.15, 0.2) is 5.76 Å². The summed E-state index contributed by atoms with van der Waals surface area (Å²) >= 11 is 1.91. The topological polar surface area (TPSA) is 51.3 Å². The summed E-state index contributed by atoms with van der Waals surface area (Å²) < 4.78 is 7.61. The van der Waals surface area contributed by atoms with Crippen LogP contribution in [0.2, 0.25) is 0 Å². The Bertz CT molecular complexity index is 967. The van der Waals surface area contributed by atoms with Gasteiger partial charge in [-0.25, -0.2) is 4.68 Å². The standard InChI is InChI=1S/C22H23N3O2S/c1-17-8-10-20(27-17)22-18(16-25(23-22)19-6-3-2-4-7-19)9-11-21(26)24-12-5-14-28-15-13-24/h2-4,6-11,16H,5,12-15H2,1H3. The van der Waals surface area contributed by atoms with Crippen molar-refractivity contribution >= 4 is 23.7 Å². The van der Waals surface area contributed by atoms with E-state index in [1.807, 2.05) is 83.0 Å². The summed E-state index contributed by atoms with van der Waals surface area (Å²) in [6.45, 7) is 3.54. The van der Waals surface area contributed by atoms with E-state index in [1.165, 1.54) is 0 Å². The Hall–Kier alpha value is -2.73. The van der Waals surface area contributed by atoms with Gasteiger partial charge < -0.3 is 9.32 Å². The first-order valence-corrected chi connectivity index (χ1v) is 10.6. The van der Waals surface area contributed by atoms with Gasteiger partial charge in [0.1, 0.15) is 11.5 Å². The van der Waals surface area contributed by atoms with E-state index in [-0.39, 0.29) is 5.91 Å². The molecular weight excluding hydrogens is 370 g/mol. The maximum absolute atomic E-state index is 12.6. The molecule has 0 atom stereocenters. The molecule has 0 saturated carbocycles. The number of amides is 1. The molecule has 1 aliphatic rings. The van der Waals surface area contributed by atoms with E-state index >= 15 is 0 Å². The van der Waals surface area contributed by atoms with Gasteiger partial charge in [0.05, 0.1) is 5.69 Å². The van der Waals surface area contributed by atoms with Crippen molar-refractivity contribution in [2.45, 2.75) is 13.3 Å². The predicted molar refractivity (Wildman–Crippen MR) is 114 cm³/mol. The normalized spacial score (nSPS) is 15.1. The smallest absolute Gasteiger partial charge is 0.246 e. The van der Waals surface area contributed by atoms with Crippen LogP contribution in [0.15, 0.2) is 59.2 Å². The molecular formula is C22H23N3O2S. The van der Waals surface area contributed by atoms with Crippen LogP contribution in [0.4, 0.5) is 0 Å². The molecule has 0 bridgehead atoms. The summed E-state index contributed by atoms with van der Waals surface area (Å²) in [5.74, 6) is 3.71. The Balaban J connectivity index is 1.64. The van der Waals surface area contributed by atoms with Crippen molar-refractivity contribution < 1.29 is 9.21 Å².